The zero-order chi connectivity index (χ0) is 14.0. The normalized spacial score (nSPS) is 22.4. The number of hydrogen-bond donors (Lipinski definition) is 0. The van der Waals surface area contributed by atoms with Crippen LogP contribution in [0.3, 0.4) is 0 Å². The van der Waals surface area contributed by atoms with Gasteiger partial charge in [-0.15, -0.1) is 0 Å². The number of ketones is 1. The van der Waals surface area contributed by atoms with Gasteiger partial charge in [-0.3, -0.25) is 14.6 Å². The number of benzene rings is 1. The Morgan fingerprint density at radius 3 is 2.25 bits per heavy atom. The predicted molar refractivity (Wildman–Crippen MR) is 71.8 cm³/mol. The highest BCUT2D eigenvalue weighted by atomic mass is 16.6. The van der Waals surface area contributed by atoms with Gasteiger partial charge in [-0.25, -0.2) is 0 Å². The number of Topliss-reactive ketones (excluding diaryl/α,β-unsaturated/α-hetero) is 1. The summed E-state index contributed by atoms with van der Waals surface area (Å²) in [5.74, 6) is -0.594. The van der Waals surface area contributed by atoms with E-state index >= 15 is 0 Å². The standard InChI is InChI=1S/C16H13NO3/c18-14-10-15(19)20-16(11-14,12-4-2-1-3-5-12)13-6-8-17-9-7-13/h1-9H,10-11H2. The minimum Gasteiger partial charge on any atom is -0.448 e. The minimum absolute atomic E-state index is 0.109. The number of cyclic esters (lactones) is 1. The number of carbonyl (C=O) groups is 2. The van der Waals surface area contributed by atoms with Crippen molar-refractivity contribution in [3.05, 3.63) is 66.0 Å². The first-order valence-corrected chi connectivity index (χ1v) is 6.40. The van der Waals surface area contributed by atoms with Crippen LogP contribution >= 0.6 is 0 Å². The maximum atomic E-state index is 11.9. The quantitative estimate of drug-likeness (QED) is 0.618. The van der Waals surface area contributed by atoms with Crippen LogP contribution in [0.15, 0.2) is 54.9 Å². The van der Waals surface area contributed by atoms with E-state index in [0.29, 0.717) is 0 Å². The van der Waals surface area contributed by atoms with Gasteiger partial charge < -0.3 is 4.74 Å². The third-order valence-corrected chi connectivity index (χ3v) is 3.46. The summed E-state index contributed by atoms with van der Waals surface area (Å²) in [4.78, 5) is 27.7. The number of esters is 1. The average molecular weight is 267 g/mol. The summed E-state index contributed by atoms with van der Waals surface area (Å²) in [6.07, 6.45) is 3.27. The Morgan fingerprint density at radius 1 is 0.950 bits per heavy atom. The zero-order valence-corrected chi connectivity index (χ0v) is 10.8. The smallest absolute Gasteiger partial charge is 0.314 e. The van der Waals surface area contributed by atoms with Crippen LogP contribution in [0.5, 0.6) is 0 Å². The number of carbonyl (C=O) groups excluding carboxylic acids is 2. The van der Waals surface area contributed by atoms with Crippen molar-refractivity contribution in [3.63, 3.8) is 0 Å². The third-order valence-electron chi connectivity index (χ3n) is 3.46. The summed E-state index contributed by atoms with van der Waals surface area (Å²) in [6, 6.07) is 12.9. The number of ether oxygens (including phenoxy) is 1. The lowest BCUT2D eigenvalue weighted by atomic mass is 9.80. The number of hydrogen-bond acceptors (Lipinski definition) is 4. The van der Waals surface area contributed by atoms with Gasteiger partial charge in [0.1, 0.15) is 12.2 Å². The molecule has 20 heavy (non-hydrogen) atoms. The molecule has 1 aliphatic rings. The summed E-state index contributed by atoms with van der Waals surface area (Å²) in [5.41, 5.74) is 0.532. The van der Waals surface area contributed by atoms with E-state index in [1.165, 1.54) is 0 Å². The Balaban J connectivity index is 2.18. The van der Waals surface area contributed by atoms with Crippen LogP contribution in [-0.4, -0.2) is 16.7 Å². The highest BCUT2D eigenvalue weighted by Gasteiger charge is 2.44. The van der Waals surface area contributed by atoms with E-state index < -0.39 is 11.6 Å². The van der Waals surface area contributed by atoms with E-state index in [1.807, 2.05) is 30.3 Å². The highest BCUT2D eigenvalue weighted by Crippen LogP contribution is 2.40. The first-order chi connectivity index (χ1) is 9.71. The molecule has 0 aliphatic carbocycles. The van der Waals surface area contributed by atoms with Crippen molar-refractivity contribution >= 4 is 11.8 Å². The molecule has 0 radical (unpaired) electrons. The van der Waals surface area contributed by atoms with E-state index in [1.54, 1.807) is 24.5 Å². The van der Waals surface area contributed by atoms with Crippen molar-refractivity contribution in [1.29, 1.82) is 0 Å². The molecule has 2 heterocycles. The van der Waals surface area contributed by atoms with Gasteiger partial charge in [0, 0.05) is 23.5 Å². The number of pyridine rings is 1. The molecular weight excluding hydrogens is 254 g/mol. The highest BCUT2D eigenvalue weighted by molar-refractivity contribution is 5.99. The largest absolute Gasteiger partial charge is 0.448 e. The summed E-state index contributed by atoms with van der Waals surface area (Å²) in [7, 11) is 0. The van der Waals surface area contributed by atoms with Crippen molar-refractivity contribution in [2.24, 2.45) is 0 Å². The fourth-order valence-corrected chi connectivity index (χ4v) is 2.58. The second-order valence-electron chi connectivity index (χ2n) is 4.80. The molecule has 1 fully saturated rings. The Kier molecular flexibility index (Phi) is 3.06. The molecule has 0 amide bonds. The van der Waals surface area contributed by atoms with E-state index in [-0.39, 0.29) is 18.6 Å². The fourth-order valence-electron chi connectivity index (χ4n) is 2.58. The van der Waals surface area contributed by atoms with Gasteiger partial charge in [-0.2, -0.15) is 0 Å². The zero-order valence-electron chi connectivity index (χ0n) is 10.8. The van der Waals surface area contributed by atoms with Crippen LogP contribution in [0.4, 0.5) is 0 Å². The van der Waals surface area contributed by atoms with Crippen LogP contribution in [0.2, 0.25) is 0 Å². The van der Waals surface area contributed by atoms with Gasteiger partial charge >= 0.3 is 5.97 Å². The summed E-state index contributed by atoms with van der Waals surface area (Å²) < 4.78 is 5.63. The van der Waals surface area contributed by atoms with Gasteiger partial charge in [0.25, 0.3) is 0 Å². The van der Waals surface area contributed by atoms with E-state index in [4.69, 9.17) is 4.74 Å². The molecule has 1 unspecified atom stereocenters. The van der Waals surface area contributed by atoms with Gasteiger partial charge in [-0.1, -0.05) is 30.3 Å². The minimum atomic E-state index is -1.03. The first kappa shape index (κ1) is 12.5. The lowest BCUT2D eigenvalue weighted by Gasteiger charge is -2.36. The first-order valence-electron chi connectivity index (χ1n) is 6.40. The SMILES string of the molecule is O=C1CC(=O)OC(c2ccccc2)(c2ccncc2)C1. The van der Waals surface area contributed by atoms with Gasteiger partial charge in [-0.05, 0) is 12.1 Å². The molecule has 1 aliphatic heterocycles. The Hall–Kier alpha value is -2.49. The Bertz CT molecular complexity index is 580. The molecule has 0 spiro atoms. The summed E-state index contributed by atoms with van der Waals surface area (Å²) in [6.45, 7) is 0. The van der Waals surface area contributed by atoms with E-state index in [9.17, 15) is 9.59 Å². The molecule has 0 saturated carbocycles. The second kappa shape index (κ2) is 4.89. The number of nitrogens with zero attached hydrogens (tertiary/aromatic N) is 1. The monoisotopic (exact) mass is 267 g/mol. The van der Waals surface area contributed by atoms with Crippen molar-refractivity contribution < 1.29 is 14.3 Å². The third kappa shape index (κ3) is 2.09. The lowest BCUT2D eigenvalue weighted by molar-refractivity contribution is -0.166. The number of rotatable bonds is 2. The molecule has 4 nitrogen and oxygen atoms in total. The molecule has 100 valence electrons. The predicted octanol–water partition coefficient (Wildman–Crippen LogP) is 2.23. The van der Waals surface area contributed by atoms with Crippen LogP contribution in [0, 0.1) is 0 Å². The van der Waals surface area contributed by atoms with Crippen LogP contribution in [0.25, 0.3) is 0 Å². The van der Waals surface area contributed by atoms with E-state index in [0.717, 1.165) is 11.1 Å². The molecule has 1 aromatic heterocycles. The molecule has 4 heteroatoms. The average Bonchev–Trinajstić information content (AvgIpc) is 2.48. The van der Waals surface area contributed by atoms with Crippen LogP contribution < -0.4 is 0 Å². The lowest BCUT2D eigenvalue weighted by Crippen LogP contribution is -2.41. The van der Waals surface area contributed by atoms with Gasteiger partial charge in [0.05, 0.1) is 6.42 Å². The molecule has 0 bridgehead atoms. The Morgan fingerprint density at radius 2 is 1.60 bits per heavy atom. The number of aromatic nitrogens is 1. The molecule has 1 saturated heterocycles. The van der Waals surface area contributed by atoms with Crippen molar-refractivity contribution in [1.82, 2.24) is 4.98 Å². The van der Waals surface area contributed by atoms with Gasteiger partial charge in [0.2, 0.25) is 0 Å². The maximum Gasteiger partial charge on any atom is 0.314 e. The molecule has 0 N–H and O–H groups in total. The van der Waals surface area contributed by atoms with Gasteiger partial charge in [0.15, 0.2) is 5.60 Å². The van der Waals surface area contributed by atoms with Crippen LogP contribution in [-0.2, 0) is 19.9 Å². The summed E-state index contributed by atoms with van der Waals surface area (Å²) >= 11 is 0. The van der Waals surface area contributed by atoms with Crippen molar-refractivity contribution in [2.45, 2.75) is 18.4 Å². The van der Waals surface area contributed by atoms with Crippen molar-refractivity contribution in [2.75, 3.05) is 0 Å². The maximum absolute atomic E-state index is 11.9. The molecule has 2 aromatic rings. The Labute approximate surface area is 116 Å². The second-order valence-corrected chi connectivity index (χ2v) is 4.80. The van der Waals surface area contributed by atoms with Crippen molar-refractivity contribution in [3.8, 4) is 0 Å². The topological polar surface area (TPSA) is 56.3 Å². The van der Waals surface area contributed by atoms with E-state index in [2.05, 4.69) is 4.98 Å². The fraction of sp³-hybridized carbons (Fsp3) is 0.188. The molecule has 1 aromatic carbocycles. The molecule has 1 atom stereocenters. The van der Waals surface area contributed by atoms with Crippen LogP contribution in [0.1, 0.15) is 24.0 Å². The molecular formula is C16H13NO3. The summed E-state index contributed by atoms with van der Waals surface area (Å²) in [5, 5.41) is 0. The molecule has 3 rings (SSSR count).